The number of nitrogens with one attached hydrogen (secondary N) is 2. The van der Waals surface area contributed by atoms with Crippen molar-refractivity contribution in [2.24, 2.45) is 11.8 Å². The third kappa shape index (κ3) is 7.91. The number of hydrogen-bond acceptors (Lipinski definition) is 5. The smallest absolute Gasteiger partial charge is 0.314 e. The number of carboxylic acid groups (broad SMARTS) is 1. The fourth-order valence-electron chi connectivity index (χ4n) is 2.04. The van der Waals surface area contributed by atoms with Crippen LogP contribution in [0.1, 0.15) is 32.6 Å². The summed E-state index contributed by atoms with van der Waals surface area (Å²) >= 11 is 0. The number of aromatic nitrogens is 2. The van der Waals surface area contributed by atoms with Crippen molar-refractivity contribution in [2.75, 3.05) is 13.1 Å². The molecule has 1 aromatic heterocycles. The fraction of sp³-hybridized carbons (Fsp3) is 0.692. The molecule has 0 spiro atoms. The highest BCUT2D eigenvalue weighted by atomic mass is 16.5. The lowest BCUT2D eigenvalue weighted by molar-refractivity contribution is -0.138. The summed E-state index contributed by atoms with van der Waals surface area (Å²) in [6, 6.07) is -0.325. The van der Waals surface area contributed by atoms with E-state index < -0.39 is 5.97 Å². The molecule has 3 N–H and O–H groups in total. The topological polar surface area (TPSA) is 117 Å². The van der Waals surface area contributed by atoms with Crippen LogP contribution in [0.3, 0.4) is 0 Å². The Morgan fingerprint density at radius 1 is 1.38 bits per heavy atom. The molecule has 0 fully saturated rings. The highest BCUT2D eigenvalue weighted by molar-refractivity contribution is 5.74. The number of nitrogens with zero attached hydrogens (tertiary/aromatic N) is 2. The second kappa shape index (κ2) is 8.93. The molecule has 0 radical (unpaired) electrons. The minimum atomic E-state index is -0.848. The maximum atomic E-state index is 11.6. The van der Waals surface area contributed by atoms with Crippen molar-refractivity contribution in [3.05, 3.63) is 12.2 Å². The van der Waals surface area contributed by atoms with Gasteiger partial charge in [-0.3, -0.25) is 4.79 Å². The van der Waals surface area contributed by atoms with E-state index in [0.717, 1.165) is 6.42 Å². The quantitative estimate of drug-likeness (QED) is 0.627. The second-order valence-corrected chi connectivity index (χ2v) is 5.32. The van der Waals surface area contributed by atoms with E-state index >= 15 is 0 Å². The first-order chi connectivity index (χ1) is 9.97. The summed E-state index contributed by atoms with van der Waals surface area (Å²) in [5.41, 5.74) is 0. The van der Waals surface area contributed by atoms with E-state index in [1.165, 1.54) is 6.33 Å². The van der Waals surface area contributed by atoms with E-state index in [0.29, 0.717) is 31.3 Å². The Morgan fingerprint density at radius 3 is 2.71 bits per heavy atom. The summed E-state index contributed by atoms with van der Waals surface area (Å²) in [4.78, 5) is 26.2. The minimum absolute atomic E-state index is 0.0560. The van der Waals surface area contributed by atoms with Gasteiger partial charge in [-0.25, -0.2) is 4.79 Å². The molecule has 8 nitrogen and oxygen atoms in total. The Balaban J connectivity index is 2.23. The van der Waals surface area contributed by atoms with Crippen LogP contribution in [0, 0.1) is 11.8 Å². The number of carboxylic acids is 1. The molecular formula is C13H22N4O4. The lowest BCUT2D eigenvalue weighted by Crippen LogP contribution is -2.39. The molecule has 1 heterocycles. The number of amides is 2. The highest BCUT2D eigenvalue weighted by Crippen LogP contribution is 2.14. The Kier molecular flexibility index (Phi) is 7.20. The minimum Gasteiger partial charge on any atom is -0.481 e. The van der Waals surface area contributed by atoms with Gasteiger partial charge in [-0.15, -0.1) is 0 Å². The standard InChI is InChI=1S/C13H22N4O4/c1-9(2)5-10(6-12(18)19)7-15-13(20)14-4-3-11-16-8-17-21-11/h8-10H,3-7H2,1-2H3,(H,18,19)(H2,14,15,20)/t10-/m0/s1. The average molecular weight is 298 g/mol. The van der Waals surface area contributed by atoms with Gasteiger partial charge in [0.1, 0.15) is 0 Å². The molecular weight excluding hydrogens is 276 g/mol. The molecule has 8 heteroatoms. The van der Waals surface area contributed by atoms with Crippen molar-refractivity contribution in [2.45, 2.75) is 33.1 Å². The SMILES string of the molecule is CC(C)C[C@H](CNC(=O)NCCc1ncno1)CC(=O)O. The molecule has 118 valence electrons. The highest BCUT2D eigenvalue weighted by Gasteiger charge is 2.16. The van der Waals surface area contributed by atoms with E-state index in [1.54, 1.807) is 0 Å². The third-order valence-electron chi connectivity index (χ3n) is 2.85. The molecule has 0 saturated heterocycles. The summed E-state index contributed by atoms with van der Waals surface area (Å²) in [5, 5.41) is 17.7. The van der Waals surface area contributed by atoms with Crippen LogP contribution in [0.5, 0.6) is 0 Å². The molecule has 0 unspecified atom stereocenters. The fourth-order valence-corrected chi connectivity index (χ4v) is 2.04. The number of aliphatic carboxylic acids is 1. The van der Waals surface area contributed by atoms with Crippen LogP contribution in [-0.2, 0) is 11.2 Å². The first-order valence-electron chi connectivity index (χ1n) is 6.96. The van der Waals surface area contributed by atoms with Crippen molar-refractivity contribution < 1.29 is 19.2 Å². The molecule has 1 rings (SSSR count). The Labute approximate surface area is 123 Å². The van der Waals surface area contributed by atoms with Gasteiger partial charge in [0.2, 0.25) is 5.89 Å². The van der Waals surface area contributed by atoms with E-state index in [2.05, 4.69) is 20.8 Å². The van der Waals surface area contributed by atoms with Crippen molar-refractivity contribution in [1.82, 2.24) is 20.8 Å². The van der Waals surface area contributed by atoms with Crippen LogP contribution < -0.4 is 10.6 Å². The zero-order valence-electron chi connectivity index (χ0n) is 12.3. The Hall–Kier alpha value is -2.12. The van der Waals surface area contributed by atoms with Gasteiger partial charge in [0.25, 0.3) is 0 Å². The number of urea groups is 1. The molecule has 0 aliphatic carbocycles. The van der Waals surface area contributed by atoms with Crippen molar-refractivity contribution >= 4 is 12.0 Å². The van der Waals surface area contributed by atoms with E-state index in [9.17, 15) is 9.59 Å². The summed E-state index contributed by atoms with van der Waals surface area (Å²) in [6.45, 7) is 4.78. The van der Waals surface area contributed by atoms with E-state index in [4.69, 9.17) is 9.63 Å². The van der Waals surface area contributed by atoms with Gasteiger partial charge < -0.3 is 20.3 Å². The molecule has 0 aromatic carbocycles. The molecule has 1 atom stereocenters. The maximum Gasteiger partial charge on any atom is 0.314 e. The van der Waals surface area contributed by atoms with E-state index in [1.807, 2.05) is 13.8 Å². The van der Waals surface area contributed by atoms with Crippen LogP contribution in [0.25, 0.3) is 0 Å². The van der Waals surface area contributed by atoms with Crippen LogP contribution in [-0.4, -0.2) is 40.3 Å². The van der Waals surface area contributed by atoms with Gasteiger partial charge >= 0.3 is 12.0 Å². The van der Waals surface area contributed by atoms with Crippen molar-refractivity contribution in [3.8, 4) is 0 Å². The van der Waals surface area contributed by atoms with Gasteiger partial charge in [0.15, 0.2) is 6.33 Å². The average Bonchev–Trinajstić information content (AvgIpc) is 2.88. The van der Waals surface area contributed by atoms with Crippen LogP contribution in [0.15, 0.2) is 10.9 Å². The molecule has 0 aliphatic rings. The molecule has 0 bridgehead atoms. The monoisotopic (exact) mass is 298 g/mol. The van der Waals surface area contributed by atoms with Gasteiger partial charge in [-0.2, -0.15) is 4.98 Å². The predicted octanol–water partition coefficient (Wildman–Crippen LogP) is 1.05. The molecule has 1 aromatic rings. The van der Waals surface area contributed by atoms with Gasteiger partial charge in [-0.05, 0) is 18.3 Å². The van der Waals surface area contributed by atoms with Crippen molar-refractivity contribution in [1.29, 1.82) is 0 Å². The van der Waals surface area contributed by atoms with Gasteiger partial charge in [-0.1, -0.05) is 19.0 Å². The molecule has 21 heavy (non-hydrogen) atoms. The zero-order chi connectivity index (χ0) is 15.7. The number of carbonyl (C=O) groups excluding carboxylic acids is 1. The summed E-state index contributed by atoms with van der Waals surface area (Å²) < 4.78 is 4.80. The molecule has 0 saturated carbocycles. The first-order valence-corrected chi connectivity index (χ1v) is 6.96. The van der Waals surface area contributed by atoms with Gasteiger partial charge in [0, 0.05) is 25.9 Å². The maximum absolute atomic E-state index is 11.6. The third-order valence-corrected chi connectivity index (χ3v) is 2.85. The van der Waals surface area contributed by atoms with Crippen molar-refractivity contribution in [3.63, 3.8) is 0 Å². The zero-order valence-corrected chi connectivity index (χ0v) is 12.3. The largest absolute Gasteiger partial charge is 0.481 e. The molecule has 0 aliphatic heterocycles. The summed E-state index contributed by atoms with van der Waals surface area (Å²) in [6.07, 6.45) is 2.57. The Morgan fingerprint density at radius 2 is 2.14 bits per heavy atom. The first kappa shape index (κ1) is 16.9. The number of carbonyl (C=O) groups is 2. The van der Waals surface area contributed by atoms with Gasteiger partial charge in [0.05, 0.1) is 0 Å². The van der Waals surface area contributed by atoms with E-state index in [-0.39, 0.29) is 18.4 Å². The lowest BCUT2D eigenvalue weighted by Gasteiger charge is -2.17. The number of rotatable bonds is 9. The Bertz CT molecular complexity index is 433. The van der Waals surface area contributed by atoms with Crippen LogP contribution >= 0.6 is 0 Å². The van der Waals surface area contributed by atoms with Crippen LogP contribution in [0.4, 0.5) is 4.79 Å². The number of hydrogen-bond donors (Lipinski definition) is 3. The predicted molar refractivity (Wildman–Crippen MR) is 74.6 cm³/mol. The summed E-state index contributed by atoms with van der Waals surface area (Å²) in [7, 11) is 0. The lowest BCUT2D eigenvalue weighted by atomic mass is 9.94. The molecule has 2 amide bonds. The summed E-state index contributed by atoms with van der Waals surface area (Å²) in [5.74, 6) is -0.0703. The second-order valence-electron chi connectivity index (χ2n) is 5.32. The van der Waals surface area contributed by atoms with Crippen LogP contribution in [0.2, 0.25) is 0 Å². The normalized spacial score (nSPS) is 12.1.